The van der Waals surface area contributed by atoms with Gasteiger partial charge in [0.25, 0.3) is 0 Å². The molecule has 0 aliphatic rings. The molecule has 3 heteroatoms. The predicted octanol–water partition coefficient (Wildman–Crippen LogP) is 8.23. The summed E-state index contributed by atoms with van der Waals surface area (Å²) in [5.74, 6) is 0.698. The van der Waals surface area contributed by atoms with Crippen LogP contribution in [0.2, 0.25) is 0 Å². The molecule has 0 spiro atoms. The highest BCUT2D eigenvalue weighted by Crippen LogP contribution is 2.40. The van der Waals surface area contributed by atoms with Crippen molar-refractivity contribution in [3.05, 3.63) is 166 Å². The third kappa shape index (κ3) is 4.42. The van der Waals surface area contributed by atoms with Crippen LogP contribution in [0.5, 0.6) is 0 Å². The summed E-state index contributed by atoms with van der Waals surface area (Å²) in [7, 11) is 0. The maximum atomic E-state index is 13.7. The first-order chi connectivity index (χ1) is 16.6. The molecule has 1 heterocycles. The first-order valence-electron chi connectivity index (χ1n) is 11.3. The Balaban J connectivity index is 1.65. The van der Waals surface area contributed by atoms with E-state index in [9.17, 15) is 8.78 Å². The first kappa shape index (κ1) is 21.8. The van der Waals surface area contributed by atoms with Gasteiger partial charge in [0.2, 0.25) is 0 Å². The minimum Gasteiger partial charge on any atom is -0.464 e. The number of rotatable bonds is 6. The molecule has 0 saturated heterocycles. The van der Waals surface area contributed by atoms with Gasteiger partial charge in [-0.2, -0.15) is 0 Å². The monoisotopic (exact) mass is 450 g/mol. The molecule has 0 N–H and O–H groups in total. The molecule has 0 amide bonds. The molecule has 1 aromatic heterocycles. The largest absolute Gasteiger partial charge is 0.464 e. The Morgan fingerprint density at radius 3 is 1.44 bits per heavy atom. The van der Waals surface area contributed by atoms with E-state index in [4.69, 9.17) is 4.42 Å². The molecule has 4 aromatic carbocycles. The van der Waals surface area contributed by atoms with Crippen molar-refractivity contribution in [3.63, 3.8) is 0 Å². The molecule has 0 aliphatic carbocycles. The summed E-state index contributed by atoms with van der Waals surface area (Å²) >= 11 is 0. The van der Waals surface area contributed by atoms with Crippen LogP contribution in [0.4, 0.5) is 8.78 Å². The topological polar surface area (TPSA) is 13.1 Å². The molecular formula is C31H24F2O. The number of aryl methyl sites for hydroxylation is 1. The van der Waals surface area contributed by atoms with Crippen molar-refractivity contribution < 1.29 is 13.2 Å². The van der Waals surface area contributed by atoms with Gasteiger partial charge >= 0.3 is 0 Å². The van der Waals surface area contributed by atoms with E-state index < -0.39 is 0 Å². The fourth-order valence-electron chi connectivity index (χ4n) is 4.57. The molecule has 2 atom stereocenters. The lowest BCUT2D eigenvalue weighted by Crippen LogP contribution is -2.04. The van der Waals surface area contributed by atoms with Gasteiger partial charge in [-0.05, 0) is 65.1 Å². The van der Waals surface area contributed by atoms with Crippen LogP contribution in [0.15, 0.2) is 120 Å². The summed E-state index contributed by atoms with van der Waals surface area (Å²) in [5, 5.41) is 0. The lowest BCUT2D eigenvalue weighted by Gasteiger charge is -2.19. The third-order valence-corrected chi connectivity index (χ3v) is 6.19. The second kappa shape index (κ2) is 9.48. The molecule has 1 nitrogen and oxygen atoms in total. The van der Waals surface area contributed by atoms with Gasteiger partial charge in [-0.3, -0.25) is 0 Å². The lowest BCUT2D eigenvalue weighted by molar-refractivity contribution is 0.453. The van der Waals surface area contributed by atoms with E-state index in [1.807, 2.05) is 55.5 Å². The van der Waals surface area contributed by atoms with Gasteiger partial charge in [0.1, 0.15) is 23.2 Å². The highest BCUT2D eigenvalue weighted by molar-refractivity contribution is 5.46. The van der Waals surface area contributed by atoms with Gasteiger partial charge in [0.05, 0.1) is 11.8 Å². The predicted molar refractivity (Wildman–Crippen MR) is 131 cm³/mol. The average molecular weight is 451 g/mol. The van der Waals surface area contributed by atoms with Crippen LogP contribution in [-0.4, -0.2) is 0 Å². The van der Waals surface area contributed by atoms with Crippen molar-refractivity contribution in [2.75, 3.05) is 0 Å². The van der Waals surface area contributed by atoms with Gasteiger partial charge in [0, 0.05) is 0 Å². The molecule has 0 radical (unpaired) electrons. The fourth-order valence-corrected chi connectivity index (χ4v) is 4.57. The molecule has 168 valence electrons. The van der Waals surface area contributed by atoms with Crippen LogP contribution in [0.25, 0.3) is 0 Å². The van der Waals surface area contributed by atoms with Crippen LogP contribution in [-0.2, 0) is 0 Å². The van der Waals surface area contributed by atoms with Gasteiger partial charge < -0.3 is 4.42 Å². The van der Waals surface area contributed by atoms with E-state index in [2.05, 4.69) is 30.3 Å². The van der Waals surface area contributed by atoms with Crippen LogP contribution in [0, 0.1) is 18.6 Å². The summed E-state index contributed by atoms with van der Waals surface area (Å²) in [6.07, 6.45) is 0. The van der Waals surface area contributed by atoms with Crippen LogP contribution < -0.4 is 0 Å². The summed E-state index contributed by atoms with van der Waals surface area (Å²) in [5.41, 5.74) is 5.04. The number of hydrogen-bond donors (Lipinski definition) is 0. The molecular weight excluding hydrogens is 426 g/mol. The molecule has 5 rings (SSSR count). The van der Waals surface area contributed by atoms with E-state index in [1.165, 1.54) is 24.3 Å². The van der Waals surface area contributed by atoms with E-state index >= 15 is 0 Å². The minimum atomic E-state index is -0.271. The quantitative estimate of drug-likeness (QED) is 0.254. The minimum absolute atomic E-state index is 0.180. The van der Waals surface area contributed by atoms with Gasteiger partial charge in [0.15, 0.2) is 0 Å². The van der Waals surface area contributed by atoms with Crippen molar-refractivity contribution in [2.45, 2.75) is 18.8 Å². The van der Waals surface area contributed by atoms with Crippen molar-refractivity contribution in [1.82, 2.24) is 0 Å². The molecule has 0 aliphatic heterocycles. The third-order valence-electron chi connectivity index (χ3n) is 6.19. The summed E-state index contributed by atoms with van der Waals surface area (Å²) in [6, 6.07) is 35.4. The maximum absolute atomic E-state index is 13.7. The Bertz CT molecular complexity index is 1360. The van der Waals surface area contributed by atoms with Crippen LogP contribution in [0.3, 0.4) is 0 Å². The van der Waals surface area contributed by atoms with Crippen molar-refractivity contribution in [3.8, 4) is 0 Å². The van der Waals surface area contributed by atoms with E-state index in [0.29, 0.717) is 0 Å². The number of hydrogen-bond acceptors (Lipinski definition) is 1. The summed E-state index contributed by atoms with van der Waals surface area (Å²) < 4.78 is 34.0. The summed E-state index contributed by atoms with van der Waals surface area (Å²) in [6.45, 7) is 2.04. The number of benzene rings is 4. The highest BCUT2D eigenvalue weighted by atomic mass is 19.1. The molecule has 5 aromatic rings. The Morgan fingerprint density at radius 1 is 0.529 bits per heavy atom. The van der Waals surface area contributed by atoms with Crippen LogP contribution in [0.1, 0.15) is 51.2 Å². The van der Waals surface area contributed by atoms with E-state index in [1.54, 1.807) is 12.1 Å². The zero-order valence-electron chi connectivity index (χ0n) is 18.8. The Morgan fingerprint density at radius 2 is 0.941 bits per heavy atom. The first-order valence-corrected chi connectivity index (χ1v) is 11.3. The lowest BCUT2D eigenvalue weighted by atomic mass is 9.87. The standard InChI is InChI=1S/C31H24F2O/c1-21-20-28(29(22-8-4-2-5-9-22)24-12-16-26(32)17-13-24)34-31(21)30(23-10-6-3-7-11-23)25-14-18-27(33)19-15-25/h2-20,29-30H,1H3. The smallest absolute Gasteiger partial charge is 0.123 e. The normalized spacial score (nSPS) is 12.9. The van der Waals surface area contributed by atoms with Crippen molar-refractivity contribution in [2.24, 2.45) is 0 Å². The summed E-state index contributed by atoms with van der Waals surface area (Å²) in [4.78, 5) is 0. The Hall–Kier alpha value is -3.98. The molecule has 34 heavy (non-hydrogen) atoms. The zero-order chi connectivity index (χ0) is 23.5. The second-order valence-electron chi connectivity index (χ2n) is 8.49. The molecule has 0 fully saturated rings. The second-order valence-corrected chi connectivity index (χ2v) is 8.49. The SMILES string of the molecule is Cc1cc(C(c2ccccc2)c2ccc(F)cc2)oc1C(c1ccccc1)c1ccc(F)cc1. The number of furan rings is 1. The molecule has 2 unspecified atom stereocenters. The molecule has 0 saturated carbocycles. The number of halogens is 2. The Kier molecular flexibility index (Phi) is 6.09. The Labute approximate surface area is 198 Å². The fraction of sp³-hybridized carbons (Fsp3) is 0.0968. The average Bonchev–Trinajstić information content (AvgIpc) is 3.23. The van der Waals surface area contributed by atoms with E-state index in [0.717, 1.165) is 39.3 Å². The van der Waals surface area contributed by atoms with E-state index in [-0.39, 0.29) is 23.5 Å². The van der Waals surface area contributed by atoms with Gasteiger partial charge in [-0.1, -0.05) is 84.9 Å². The van der Waals surface area contributed by atoms with Crippen molar-refractivity contribution >= 4 is 0 Å². The zero-order valence-corrected chi connectivity index (χ0v) is 18.8. The van der Waals surface area contributed by atoms with Gasteiger partial charge in [-0.25, -0.2) is 8.78 Å². The van der Waals surface area contributed by atoms with Gasteiger partial charge in [-0.15, -0.1) is 0 Å². The van der Waals surface area contributed by atoms with Crippen LogP contribution >= 0.6 is 0 Å². The maximum Gasteiger partial charge on any atom is 0.123 e. The highest BCUT2D eigenvalue weighted by Gasteiger charge is 2.27. The molecule has 0 bridgehead atoms. The van der Waals surface area contributed by atoms with Crippen molar-refractivity contribution in [1.29, 1.82) is 0 Å².